The number of hydrogen-bond acceptors (Lipinski definition) is 4. The zero-order valence-electron chi connectivity index (χ0n) is 15.4. The molecule has 0 spiro atoms. The molecule has 2 N–H and O–H groups in total. The highest BCUT2D eigenvalue weighted by Gasteiger charge is 2.16. The van der Waals surface area contributed by atoms with Crippen LogP contribution in [0, 0.1) is 5.92 Å². The maximum Gasteiger partial charge on any atom is 0.255 e. The highest BCUT2D eigenvalue weighted by Crippen LogP contribution is 2.18. The third-order valence-electron chi connectivity index (χ3n) is 4.93. The van der Waals surface area contributed by atoms with Crippen LogP contribution in [0.1, 0.15) is 56.3 Å². The first-order valence-corrected chi connectivity index (χ1v) is 9.21. The molecule has 1 unspecified atom stereocenters. The van der Waals surface area contributed by atoms with E-state index in [0.717, 1.165) is 25.3 Å². The standard InChI is InChI=1S/C19H32N4O/c1-15(2)17(20)10-13-22(3)19(24)16-8-9-18(21-14-16)23-11-6-4-5-7-12-23/h8-9,14-15,17H,4-7,10-13,20H2,1-3H3. The summed E-state index contributed by atoms with van der Waals surface area (Å²) < 4.78 is 0. The Hall–Kier alpha value is -1.62. The lowest BCUT2D eigenvalue weighted by molar-refractivity contribution is 0.0789. The number of carbonyl (C=O) groups excluding carboxylic acids is 1. The van der Waals surface area contributed by atoms with Crippen molar-refractivity contribution in [2.75, 3.05) is 31.6 Å². The fraction of sp³-hybridized carbons (Fsp3) is 0.684. The van der Waals surface area contributed by atoms with Gasteiger partial charge in [0.25, 0.3) is 5.91 Å². The normalized spacial score (nSPS) is 16.8. The molecule has 1 atom stereocenters. The molecule has 134 valence electrons. The quantitative estimate of drug-likeness (QED) is 0.870. The SMILES string of the molecule is CC(C)C(N)CCN(C)C(=O)c1ccc(N2CCCCCC2)nc1. The summed E-state index contributed by atoms with van der Waals surface area (Å²) in [4.78, 5) is 21.1. The fourth-order valence-corrected chi connectivity index (χ4v) is 3.00. The van der Waals surface area contributed by atoms with Crippen LogP contribution in [-0.4, -0.2) is 48.5 Å². The molecule has 5 nitrogen and oxygen atoms in total. The van der Waals surface area contributed by atoms with Gasteiger partial charge in [-0.1, -0.05) is 26.7 Å². The number of nitrogens with two attached hydrogens (primary N) is 1. The largest absolute Gasteiger partial charge is 0.357 e. The van der Waals surface area contributed by atoms with Gasteiger partial charge in [0.15, 0.2) is 0 Å². The second kappa shape index (κ2) is 9.02. The van der Waals surface area contributed by atoms with Gasteiger partial charge in [-0.3, -0.25) is 4.79 Å². The Kier molecular flexibility index (Phi) is 7.03. The van der Waals surface area contributed by atoms with Crippen LogP contribution in [0.4, 0.5) is 5.82 Å². The molecule has 1 saturated heterocycles. The van der Waals surface area contributed by atoms with Gasteiger partial charge in [-0.05, 0) is 37.3 Å². The molecule has 2 heterocycles. The predicted molar refractivity (Wildman–Crippen MR) is 99.3 cm³/mol. The van der Waals surface area contributed by atoms with Gasteiger partial charge in [0.05, 0.1) is 5.56 Å². The van der Waals surface area contributed by atoms with Gasteiger partial charge >= 0.3 is 0 Å². The molecule has 0 radical (unpaired) electrons. The highest BCUT2D eigenvalue weighted by molar-refractivity contribution is 5.93. The monoisotopic (exact) mass is 332 g/mol. The van der Waals surface area contributed by atoms with Crippen LogP contribution in [0.15, 0.2) is 18.3 Å². The summed E-state index contributed by atoms with van der Waals surface area (Å²) in [5.41, 5.74) is 6.71. The molecule has 0 saturated carbocycles. The van der Waals surface area contributed by atoms with E-state index in [-0.39, 0.29) is 11.9 Å². The molecule has 1 aromatic heterocycles. The molecular formula is C19H32N4O. The first-order chi connectivity index (χ1) is 11.5. The first kappa shape index (κ1) is 18.7. The van der Waals surface area contributed by atoms with E-state index >= 15 is 0 Å². The lowest BCUT2D eigenvalue weighted by atomic mass is 10.0. The second-order valence-corrected chi connectivity index (χ2v) is 7.23. The first-order valence-electron chi connectivity index (χ1n) is 9.21. The van der Waals surface area contributed by atoms with Crippen molar-refractivity contribution in [3.8, 4) is 0 Å². The number of rotatable bonds is 6. The molecule has 1 fully saturated rings. The third-order valence-corrected chi connectivity index (χ3v) is 4.93. The van der Waals surface area contributed by atoms with Gasteiger partial charge < -0.3 is 15.5 Å². The van der Waals surface area contributed by atoms with E-state index < -0.39 is 0 Å². The van der Waals surface area contributed by atoms with Gasteiger partial charge in [-0.2, -0.15) is 0 Å². The second-order valence-electron chi connectivity index (χ2n) is 7.23. The van der Waals surface area contributed by atoms with Crippen LogP contribution in [0.3, 0.4) is 0 Å². The number of anilines is 1. The molecule has 1 aromatic rings. The minimum absolute atomic E-state index is 0.0147. The number of nitrogens with zero attached hydrogens (tertiary/aromatic N) is 3. The Morgan fingerprint density at radius 1 is 1.25 bits per heavy atom. The van der Waals surface area contributed by atoms with E-state index in [1.165, 1.54) is 25.7 Å². The van der Waals surface area contributed by atoms with Crippen LogP contribution in [0.2, 0.25) is 0 Å². The van der Waals surface area contributed by atoms with Crippen LogP contribution in [-0.2, 0) is 0 Å². The molecule has 1 amide bonds. The number of aromatic nitrogens is 1. The lowest BCUT2D eigenvalue weighted by Gasteiger charge is -2.23. The van der Waals surface area contributed by atoms with Crippen LogP contribution < -0.4 is 10.6 Å². The molecule has 5 heteroatoms. The smallest absolute Gasteiger partial charge is 0.255 e. The average Bonchev–Trinajstić information content (AvgIpc) is 2.88. The van der Waals surface area contributed by atoms with Crippen molar-refractivity contribution >= 4 is 11.7 Å². The Labute approximate surface area is 146 Å². The Morgan fingerprint density at radius 3 is 2.46 bits per heavy atom. The van der Waals surface area contributed by atoms with Gasteiger partial charge in [0, 0.05) is 38.9 Å². The van der Waals surface area contributed by atoms with Crippen molar-refractivity contribution in [2.24, 2.45) is 11.7 Å². The van der Waals surface area contributed by atoms with Crippen LogP contribution in [0.5, 0.6) is 0 Å². The van der Waals surface area contributed by atoms with Crippen molar-refractivity contribution in [3.05, 3.63) is 23.9 Å². The van der Waals surface area contributed by atoms with E-state index in [1.54, 1.807) is 11.1 Å². The number of hydrogen-bond donors (Lipinski definition) is 1. The predicted octanol–water partition coefficient (Wildman–Crippen LogP) is 2.91. The van der Waals surface area contributed by atoms with Crippen LogP contribution in [0.25, 0.3) is 0 Å². The summed E-state index contributed by atoms with van der Waals surface area (Å²) >= 11 is 0. The Balaban J connectivity index is 1.92. The fourth-order valence-electron chi connectivity index (χ4n) is 3.00. The molecule has 0 aromatic carbocycles. The summed E-state index contributed by atoms with van der Waals surface area (Å²) in [6.45, 7) is 7.02. The van der Waals surface area contributed by atoms with E-state index in [1.807, 2.05) is 19.2 Å². The van der Waals surface area contributed by atoms with E-state index in [2.05, 4.69) is 23.7 Å². The average molecular weight is 332 g/mol. The minimum atomic E-state index is 0.0147. The molecule has 2 rings (SSSR count). The molecule has 0 aliphatic carbocycles. The summed E-state index contributed by atoms with van der Waals surface area (Å²) in [7, 11) is 1.83. The molecule has 24 heavy (non-hydrogen) atoms. The summed E-state index contributed by atoms with van der Waals surface area (Å²) in [6, 6.07) is 4.00. The number of carbonyl (C=O) groups is 1. The van der Waals surface area contributed by atoms with Crippen molar-refractivity contribution in [1.29, 1.82) is 0 Å². The third kappa shape index (κ3) is 5.20. The molecule has 0 bridgehead atoms. The van der Waals surface area contributed by atoms with Crippen molar-refractivity contribution in [1.82, 2.24) is 9.88 Å². The zero-order valence-corrected chi connectivity index (χ0v) is 15.4. The zero-order chi connectivity index (χ0) is 17.5. The van der Waals surface area contributed by atoms with Crippen molar-refractivity contribution in [2.45, 2.75) is 52.0 Å². The number of amides is 1. The lowest BCUT2D eigenvalue weighted by Crippen LogP contribution is -2.34. The van der Waals surface area contributed by atoms with E-state index in [4.69, 9.17) is 5.73 Å². The minimum Gasteiger partial charge on any atom is -0.357 e. The van der Waals surface area contributed by atoms with Gasteiger partial charge in [-0.25, -0.2) is 4.98 Å². The van der Waals surface area contributed by atoms with Gasteiger partial charge in [0.1, 0.15) is 5.82 Å². The summed E-state index contributed by atoms with van der Waals surface area (Å²) in [6.07, 6.45) is 7.58. The van der Waals surface area contributed by atoms with Gasteiger partial charge in [-0.15, -0.1) is 0 Å². The molecule has 1 aliphatic heterocycles. The summed E-state index contributed by atoms with van der Waals surface area (Å²) in [5, 5.41) is 0. The topological polar surface area (TPSA) is 62.5 Å². The Bertz CT molecular complexity index is 507. The molecular weight excluding hydrogens is 300 g/mol. The van der Waals surface area contributed by atoms with E-state index in [0.29, 0.717) is 18.0 Å². The molecule has 1 aliphatic rings. The van der Waals surface area contributed by atoms with Gasteiger partial charge in [0.2, 0.25) is 0 Å². The van der Waals surface area contributed by atoms with Crippen molar-refractivity contribution in [3.63, 3.8) is 0 Å². The van der Waals surface area contributed by atoms with Crippen LogP contribution >= 0.6 is 0 Å². The maximum absolute atomic E-state index is 12.5. The maximum atomic E-state index is 12.5. The van der Waals surface area contributed by atoms with Crippen molar-refractivity contribution < 1.29 is 4.79 Å². The number of pyridine rings is 1. The Morgan fingerprint density at radius 2 is 1.92 bits per heavy atom. The van der Waals surface area contributed by atoms with E-state index in [9.17, 15) is 4.79 Å². The summed E-state index contributed by atoms with van der Waals surface area (Å²) in [5.74, 6) is 1.43. The highest BCUT2D eigenvalue weighted by atomic mass is 16.2.